The van der Waals surface area contributed by atoms with Gasteiger partial charge in [-0.05, 0) is 26.0 Å². The number of phenols is 1. The Bertz CT molecular complexity index is 754. The third kappa shape index (κ3) is 2.06. The topological polar surface area (TPSA) is 67.2 Å². The Hall–Kier alpha value is -1.30. The quantitative estimate of drug-likeness (QED) is 0.913. The van der Waals surface area contributed by atoms with Gasteiger partial charge >= 0.3 is 0 Å². The number of hydrogen-bond acceptors (Lipinski definition) is 4. The Labute approximate surface area is 125 Å². The van der Waals surface area contributed by atoms with E-state index in [9.17, 15) is 9.90 Å². The average molecular weight is 314 g/mol. The van der Waals surface area contributed by atoms with E-state index < -0.39 is 0 Å². The van der Waals surface area contributed by atoms with Gasteiger partial charge in [0.05, 0.1) is 22.0 Å². The van der Waals surface area contributed by atoms with Gasteiger partial charge in [-0.15, -0.1) is 0 Å². The highest BCUT2D eigenvalue weighted by Gasteiger charge is 2.29. The molecule has 1 heterocycles. The summed E-state index contributed by atoms with van der Waals surface area (Å²) in [4.78, 5) is 17.0. The standard InChI is InChI=1S/C13H13Cl2N3O2/c1-16-5-9-17-11-10(7(14)4-8(15)12(11)19)13(20)18(9)6-2-3-6/h4,6,16,19H,2-3,5H2,1H3. The van der Waals surface area contributed by atoms with Gasteiger partial charge in [0.1, 0.15) is 11.3 Å². The van der Waals surface area contributed by atoms with Gasteiger partial charge in [-0.25, -0.2) is 4.98 Å². The summed E-state index contributed by atoms with van der Waals surface area (Å²) in [5.74, 6) is 0.379. The molecule has 1 fully saturated rings. The first-order valence-corrected chi connectivity index (χ1v) is 7.07. The van der Waals surface area contributed by atoms with E-state index in [-0.39, 0.29) is 38.3 Å². The van der Waals surface area contributed by atoms with Crippen LogP contribution < -0.4 is 10.9 Å². The molecule has 2 aromatic rings. The first kappa shape index (κ1) is 13.7. The first-order chi connectivity index (χ1) is 9.54. The number of aromatic nitrogens is 2. The molecule has 20 heavy (non-hydrogen) atoms. The lowest BCUT2D eigenvalue weighted by atomic mass is 10.2. The van der Waals surface area contributed by atoms with E-state index in [1.54, 1.807) is 11.6 Å². The van der Waals surface area contributed by atoms with E-state index in [2.05, 4.69) is 10.3 Å². The minimum Gasteiger partial charge on any atom is -0.504 e. The molecule has 0 amide bonds. The van der Waals surface area contributed by atoms with Crippen molar-refractivity contribution in [1.82, 2.24) is 14.9 Å². The first-order valence-electron chi connectivity index (χ1n) is 6.31. The van der Waals surface area contributed by atoms with Crippen LogP contribution in [0.1, 0.15) is 24.7 Å². The molecule has 0 bridgehead atoms. The largest absolute Gasteiger partial charge is 0.504 e. The molecule has 0 atom stereocenters. The van der Waals surface area contributed by atoms with Crippen molar-refractivity contribution in [3.63, 3.8) is 0 Å². The van der Waals surface area contributed by atoms with Crippen LogP contribution in [0.3, 0.4) is 0 Å². The zero-order chi connectivity index (χ0) is 14.4. The van der Waals surface area contributed by atoms with Gasteiger partial charge in [0.2, 0.25) is 0 Å². The van der Waals surface area contributed by atoms with Gasteiger partial charge in [-0.3, -0.25) is 9.36 Å². The number of benzene rings is 1. The Morgan fingerprint density at radius 2 is 2.15 bits per heavy atom. The molecule has 1 aromatic carbocycles. The molecular formula is C13H13Cl2N3O2. The Morgan fingerprint density at radius 3 is 2.75 bits per heavy atom. The third-order valence-electron chi connectivity index (χ3n) is 3.38. The summed E-state index contributed by atoms with van der Waals surface area (Å²) in [5.41, 5.74) is -0.0608. The lowest BCUT2D eigenvalue weighted by Gasteiger charge is -2.14. The minimum atomic E-state index is -0.222. The normalized spacial score (nSPS) is 14.9. The summed E-state index contributed by atoms with van der Waals surface area (Å²) in [7, 11) is 1.78. The number of rotatable bonds is 3. The molecule has 0 spiro atoms. The van der Waals surface area contributed by atoms with Crippen LogP contribution in [0.15, 0.2) is 10.9 Å². The van der Waals surface area contributed by atoms with Gasteiger partial charge in [-0.2, -0.15) is 0 Å². The van der Waals surface area contributed by atoms with Crippen molar-refractivity contribution >= 4 is 34.1 Å². The van der Waals surface area contributed by atoms with Gasteiger partial charge in [0.25, 0.3) is 5.56 Å². The lowest BCUT2D eigenvalue weighted by Crippen LogP contribution is -2.27. The van der Waals surface area contributed by atoms with E-state index in [1.165, 1.54) is 6.07 Å². The smallest absolute Gasteiger partial charge is 0.263 e. The van der Waals surface area contributed by atoms with Crippen LogP contribution in [0.25, 0.3) is 10.9 Å². The van der Waals surface area contributed by atoms with Crippen molar-refractivity contribution in [2.75, 3.05) is 7.05 Å². The van der Waals surface area contributed by atoms with Crippen LogP contribution in [-0.2, 0) is 6.54 Å². The van der Waals surface area contributed by atoms with Crippen molar-refractivity contribution in [2.45, 2.75) is 25.4 Å². The third-order valence-corrected chi connectivity index (χ3v) is 3.96. The second-order valence-corrected chi connectivity index (χ2v) is 5.69. The van der Waals surface area contributed by atoms with Crippen molar-refractivity contribution in [3.8, 4) is 5.75 Å². The van der Waals surface area contributed by atoms with E-state index in [1.807, 2.05) is 0 Å². The second kappa shape index (κ2) is 4.91. The molecular weight excluding hydrogens is 301 g/mol. The summed E-state index contributed by atoms with van der Waals surface area (Å²) in [6, 6.07) is 1.55. The maximum Gasteiger partial charge on any atom is 0.263 e. The number of hydrogen-bond donors (Lipinski definition) is 2. The molecule has 0 aliphatic heterocycles. The molecule has 7 heteroatoms. The van der Waals surface area contributed by atoms with Crippen LogP contribution in [-0.4, -0.2) is 21.7 Å². The summed E-state index contributed by atoms with van der Waals surface area (Å²) in [6.07, 6.45) is 1.92. The lowest BCUT2D eigenvalue weighted by molar-refractivity contribution is 0.479. The Kier molecular flexibility index (Phi) is 3.36. The van der Waals surface area contributed by atoms with Gasteiger partial charge < -0.3 is 10.4 Å². The maximum atomic E-state index is 12.6. The molecule has 1 saturated carbocycles. The summed E-state index contributed by atoms with van der Waals surface area (Å²) >= 11 is 12.0. The van der Waals surface area contributed by atoms with Crippen LogP contribution in [0, 0.1) is 0 Å². The molecule has 0 unspecified atom stereocenters. The molecule has 0 saturated heterocycles. The number of halogens is 2. The summed E-state index contributed by atoms with van der Waals surface area (Å²) in [6.45, 7) is 0.436. The highest BCUT2D eigenvalue weighted by Crippen LogP contribution is 2.38. The van der Waals surface area contributed by atoms with E-state index >= 15 is 0 Å². The Balaban J connectivity index is 2.41. The molecule has 2 N–H and O–H groups in total. The van der Waals surface area contributed by atoms with E-state index in [4.69, 9.17) is 23.2 Å². The predicted octanol–water partition coefficient (Wildman–Crippen LogP) is 2.46. The predicted molar refractivity (Wildman–Crippen MR) is 78.7 cm³/mol. The minimum absolute atomic E-state index is 0.0916. The van der Waals surface area contributed by atoms with Crippen molar-refractivity contribution < 1.29 is 5.11 Å². The Morgan fingerprint density at radius 1 is 1.45 bits per heavy atom. The molecule has 0 radical (unpaired) electrons. The van der Waals surface area contributed by atoms with Crippen molar-refractivity contribution in [2.24, 2.45) is 0 Å². The van der Waals surface area contributed by atoms with Crippen LogP contribution in [0.2, 0.25) is 10.0 Å². The zero-order valence-electron chi connectivity index (χ0n) is 10.8. The number of nitrogens with one attached hydrogen (secondary N) is 1. The average Bonchev–Trinajstić information content (AvgIpc) is 3.20. The fraction of sp³-hybridized carbons (Fsp3) is 0.385. The molecule has 5 nitrogen and oxygen atoms in total. The molecule has 1 aliphatic rings. The number of fused-ring (bicyclic) bond motifs is 1. The molecule has 106 valence electrons. The summed E-state index contributed by atoms with van der Waals surface area (Å²) in [5, 5.41) is 13.5. The number of aromatic hydroxyl groups is 1. The molecule has 1 aliphatic carbocycles. The van der Waals surface area contributed by atoms with Gasteiger partial charge in [0, 0.05) is 6.04 Å². The van der Waals surface area contributed by atoms with Gasteiger partial charge in [0.15, 0.2) is 5.75 Å². The highest BCUT2D eigenvalue weighted by molar-refractivity contribution is 6.39. The monoisotopic (exact) mass is 313 g/mol. The summed E-state index contributed by atoms with van der Waals surface area (Å²) < 4.78 is 1.66. The number of phenolic OH excluding ortho intramolecular Hbond substituents is 1. The van der Waals surface area contributed by atoms with E-state index in [0.29, 0.717) is 12.4 Å². The van der Waals surface area contributed by atoms with Crippen molar-refractivity contribution in [3.05, 3.63) is 32.3 Å². The zero-order valence-corrected chi connectivity index (χ0v) is 12.3. The van der Waals surface area contributed by atoms with Crippen LogP contribution in [0.4, 0.5) is 0 Å². The van der Waals surface area contributed by atoms with Crippen molar-refractivity contribution in [1.29, 1.82) is 0 Å². The fourth-order valence-electron chi connectivity index (χ4n) is 2.32. The van der Waals surface area contributed by atoms with Crippen LogP contribution >= 0.6 is 23.2 Å². The number of nitrogens with zero attached hydrogens (tertiary/aromatic N) is 2. The van der Waals surface area contributed by atoms with Gasteiger partial charge in [-0.1, -0.05) is 23.2 Å². The molecule has 3 rings (SSSR count). The van der Waals surface area contributed by atoms with Crippen LogP contribution in [0.5, 0.6) is 5.75 Å². The second-order valence-electron chi connectivity index (χ2n) is 4.88. The highest BCUT2D eigenvalue weighted by atomic mass is 35.5. The maximum absolute atomic E-state index is 12.6. The molecule has 1 aromatic heterocycles. The SMILES string of the molecule is CNCc1nc2c(O)c(Cl)cc(Cl)c2c(=O)n1C1CC1. The van der Waals surface area contributed by atoms with E-state index in [0.717, 1.165) is 12.8 Å². The fourth-order valence-corrected chi connectivity index (χ4v) is 2.86.